The minimum atomic E-state index is -3.73. The highest BCUT2D eigenvalue weighted by Crippen LogP contribution is 2.20. The number of aromatic nitrogens is 1. The lowest BCUT2D eigenvalue weighted by Crippen LogP contribution is -2.38. The molecule has 2 aliphatic heterocycles. The van der Waals surface area contributed by atoms with E-state index in [9.17, 15) is 13.2 Å². The summed E-state index contributed by atoms with van der Waals surface area (Å²) in [5.74, 6) is -0.546. The van der Waals surface area contributed by atoms with Gasteiger partial charge in [0.1, 0.15) is 0 Å². The molecule has 3 heterocycles. The van der Waals surface area contributed by atoms with E-state index in [-0.39, 0.29) is 23.3 Å². The molecule has 2 N–H and O–H groups in total. The van der Waals surface area contributed by atoms with Crippen molar-refractivity contribution in [1.29, 1.82) is 0 Å². The molecule has 0 bridgehead atoms. The number of carbonyl (C=O) groups is 1. The van der Waals surface area contributed by atoms with Crippen LogP contribution in [0, 0.1) is 0 Å². The van der Waals surface area contributed by atoms with Crippen molar-refractivity contribution >= 4 is 44.3 Å². The van der Waals surface area contributed by atoms with Crippen LogP contribution in [0.25, 0.3) is 0 Å². The number of oxime groups is 1. The Hall–Kier alpha value is -2.97. The number of aliphatic imine (C=N–C) groups is 1. The van der Waals surface area contributed by atoms with Crippen molar-refractivity contribution in [2.24, 2.45) is 10.1 Å². The highest BCUT2D eigenvalue weighted by Gasteiger charge is 2.23. The van der Waals surface area contributed by atoms with Gasteiger partial charge in [0.05, 0.1) is 22.1 Å². The number of thiazole rings is 1. The first-order chi connectivity index (χ1) is 17.9. The number of hydrogen-bond donors (Lipinski definition) is 2. The van der Waals surface area contributed by atoms with E-state index in [0.717, 1.165) is 23.4 Å². The molecule has 198 valence electrons. The van der Waals surface area contributed by atoms with Gasteiger partial charge in [-0.25, -0.2) is 18.1 Å². The molecule has 0 spiro atoms. The zero-order valence-electron chi connectivity index (χ0n) is 20.4. The van der Waals surface area contributed by atoms with E-state index in [1.807, 2.05) is 12.3 Å². The fourth-order valence-corrected chi connectivity index (χ4v) is 5.75. The highest BCUT2D eigenvalue weighted by molar-refractivity contribution is 7.89. The van der Waals surface area contributed by atoms with Crippen LogP contribution in [-0.4, -0.2) is 64.2 Å². The van der Waals surface area contributed by atoms with Gasteiger partial charge in [-0.1, -0.05) is 34.7 Å². The topological polar surface area (TPSA) is 141 Å². The van der Waals surface area contributed by atoms with E-state index < -0.39 is 15.9 Å². The van der Waals surface area contributed by atoms with Crippen LogP contribution >= 0.6 is 11.3 Å². The Kier molecular flexibility index (Phi) is 9.52. The van der Waals surface area contributed by atoms with Crippen molar-refractivity contribution in [3.8, 4) is 0 Å². The number of amides is 1. The van der Waals surface area contributed by atoms with Crippen molar-refractivity contribution in [3.05, 3.63) is 52.7 Å². The van der Waals surface area contributed by atoms with Crippen molar-refractivity contribution in [1.82, 2.24) is 9.71 Å². The standard InChI is InChI=1S/C24H29N5O6S2/c1-33-16-20-14-26-24(36-20)27-23(30)22(28-35-15-19-4-2-3-11-25-19)17-5-7-21(8-6-17)37(31,32)29-18-9-12-34-13-10-18/h4-8,11,14,18,29H,2-3,9-10,12-13,15-16H2,1H3,(H,26,27,30)/b28-22+. The number of rotatable bonds is 11. The maximum absolute atomic E-state index is 13.1. The molecule has 0 atom stereocenters. The predicted molar refractivity (Wildman–Crippen MR) is 140 cm³/mol. The van der Waals surface area contributed by atoms with Gasteiger partial charge in [0.15, 0.2) is 17.5 Å². The third kappa shape index (κ3) is 7.76. The number of nitrogens with zero attached hydrogens (tertiary/aromatic N) is 3. The van der Waals surface area contributed by atoms with Crippen molar-refractivity contribution in [3.63, 3.8) is 0 Å². The third-order valence-electron chi connectivity index (χ3n) is 5.56. The number of allylic oxidation sites excluding steroid dienone is 1. The van der Waals surface area contributed by atoms with Gasteiger partial charge in [-0.2, -0.15) is 0 Å². The first-order valence-corrected chi connectivity index (χ1v) is 14.1. The van der Waals surface area contributed by atoms with Crippen LogP contribution < -0.4 is 10.0 Å². The van der Waals surface area contributed by atoms with Crippen LogP contribution in [0.2, 0.25) is 0 Å². The number of methoxy groups -OCH3 is 1. The Morgan fingerprint density at radius 2 is 1.97 bits per heavy atom. The third-order valence-corrected chi connectivity index (χ3v) is 7.98. The second kappa shape index (κ2) is 13.0. The molecular weight excluding hydrogens is 518 g/mol. The number of nitrogens with one attached hydrogen (secondary N) is 2. The zero-order valence-corrected chi connectivity index (χ0v) is 22.0. The largest absolute Gasteiger partial charge is 0.389 e. The highest BCUT2D eigenvalue weighted by atomic mass is 32.2. The van der Waals surface area contributed by atoms with Crippen molar-refractivity contribution < 1.29 is 27.5 Å². The van der Waals surface area contributed by atoms with Crippen molar-refractivity contribution in [2.75, 3.05) is 32.2 Å². The SMILES string of the molecule is COCc1cnc(NC(=O)/C(=N/OCC2=CCCC=N2)c2ccc(S(=O)(=O)NC3CCOCC3)cc2)s1. The molecule has 2 aliphatic rings. The quantitative estimate of drug-likeness (QED) is 0.326. The van der Waals surface area contributed by atoms with Gasteiger partial charge >= 0.3 is 0 Å². The monoisotopic (exact) mass is 547 g/mol. The van der Waals surface area contributed by atoms with Crippen LogP contribution in [0.1, 0.15) is 36.1 Å². The van der Waals surface area contributed by atoms with Crippen molar-refractivity contribution in [2.45, 2.75) is 43.2 Å². The summed E-state index contributed by atoms with van der Waals surface area (Å²) in [6.45, 7) is 1.53. The molecule has 1 fully saturated rings. The number of hydrogen-bond acceptors (Lipinski definition) is 10. The van der Waals surface area contributed by atoms with E-state index in [2.05, 4.69) is 25.2 Å². The Bertz CT molecular complexity index is 1260. The molecule has 11 nitrogen and oxygen atoms in total. The van der Waals surface area contributed by atoms with E-state index in [1.165, 1.54) is 35.6 Å². The Morgan fingerprint density at radius 1 is 1.19 bits per heavy atom. The second-order valence-electron chi connectivity index (χ2n) is 8.35. The normalized spacial score (nSPS) is 16.9. The number of carbonyl (C=O) groups excluding carboxylic acids is 1. The summed E-state index contributed by atoms with van der Waals surface area (Å²) in [7, 11) is -2.15. The van der Waals surface area contributed by atoms with Gasteiger partial charge in [-0.3, -0.25) is 15.1 Å². The Morgan fingerprint density at radius 3 is 2.68 bits per heavy atom. The average molecular weight is 548 g/mol. The van der Waals surface area contributed by atoms with Gasteiger partial charge in [0, 0.05) is 44.3 Å². The molecule has 0 saturated carbocycles. The maximum atomic E-state index is 13.1. The number of ether oxygens (including phenoxy) is 2. The summed E-state index contributed by atoms with van der Waals surface area (Å²) >= 11 is 1.28. The molecule has 2 aromatic rings. The van der Waals surface area contributed by atoms with Gasteiger partial charge in [-0.15, -0.1) is 0 Å². The summed E-state index contributed by atoms with van der Waals surface area (Å²) in [6, 6.07) is 5.75. The van der Waals surface area contributed by atoms with Crippen LogP contribution in [0.4, 0.5) is 5.13 Å². The summed E-state index contributed by atoms with van der Waals surface area (Å²) < 4.78 is 38.8. The minimum Gasteiger partial charge on any atom is -0.389 e. The lowest BCUT2D eigenvalue weighted by molar-refractivity contribution is -0.110. The molecular formula is C24H29N5O6S2. The summed E-state index contributed by atoms with van der Waals surface area (Å²) in [6.07, 6.45) is 8.36. The second-order valence-corrected chi connectivity index (χ2v) is 11.2. The van der Waals surface area contributed by atoms with E-state index in [1.54, 1.807) is 13.3 Å². The van der Waals surface area contributed by atoms with Gasteiger partial charge in [-0.05, 0) is 37.8 Å². The Labute approximate surface area is 219 Å². The lowest BCUT2D eigenvalue weighted by atomic mass is 10.1. The van der Waals surface area contributed by atoms with Crippen LogP contribution in [0.15, 0.2) is 57.3 Å². The molecule has 13 heteroatoms. The van der Waals surface area contributed by atoms with E-state index in [0.29, 0.717) is 43.4 Å². The summed E-state index contributed by atoms with van der Waals surface area (Å²) in [5, 5.41) is 7.18. The fourth-order valence-electron chi connectivity index (χ4n) is 3.67. The smallest absolute Gasteiger partial charge is 0.280 e. The van der Waals surface area contributed by atoms with Gasteiger partial charge < -0.3 is 14.3 Å². The summed E-state index contributed by atoms with van der Waals surface area (Å²) in [4.78, 5) is 28.0. The number of anilines is 1. The first kappa shape index (κ1) is 27.1. The average Bonchev–Trinajstić information content (AvgIpc) is 3.34. The van der Waals surface area contributed by atoms with Gasteiger partial charge in [0.2, 0.25) is 10.0 Å². The van der Waals surface area contributed by atoms with E-state index in [4.69, 9.17) is 14.3 Å². The number of benzene rings is 1. The zero-order chi connectivity index (χ0) is 26.1. The fraction of sp³-hybridized carbons (Fsp3) is 0.417. The molecule has 1 aromatic carbocycles. The molecule has 0 aliphatic carbocycles. The van der Waals surface area contributed by atoms with Gasteiger partial charge in [0.25, 0.3) is 5.91 Å². The molecule has 0 radical (unpaired) electrons. The molecule has 0 unspecified atom stereocenters. The maximum Gasteiger partial charge on any atom is 0.280 e. The molecule has 4 rings (SSSR count). The van der Waals surface area contributed by atoms with Crippen LogP contribution in [0.5, 0.6) is 0 Å². The molecule has 1 aromatic heterocycles. The lowest BCUT2D eigenvalue weighted by Gasteiger charge is -2.23. The molecule has 1 amide bonds. The minimum absolute atomic E-state index is 0.0229. The molecule has 1 saturated heterocycles. The first-order valence-electron chi connectivity index (χ1n) is 11.8. The molecule has 37 heavy (non-hydrogen) atoms. The van der Waals surface area contributed by atoms with Crippen LogP contribution in [-0.2, 0) is 35.7 Å². The predicted octanol–water partition coefficient (Wildman–Crippen LogP) is 2.85. The summed E-state index contributed by atoms with van der Waals surface area (Å²) in [5.41, 5.74) is 1.09. The van der Waals surface area contributed by atoms with Crippen LogP contribution in [0.3, 0.4) is 0 Å². The number of sulfonamides is 1. The Balaban J connectivity index is 1.51. The van der Waals surface area contributed by atoms with E-state index >= 15 is 0 Å².